The van der Waals surface area contributed by atoms with E-state index in [-0.39, 0.29) is 11.9 Å². The number of nitrogens with zero attached hydrogens (tertiary/aromatic N) is 1. The predicted molar refractivity (Wildman–Crippen MR) is 79.4 cm³/mol. The number of hydrogen-bond acceptors (Lipinski definition) is 3. The van der Waals surface area contributed by atoms with E-state index in [1.807, 2.05) is 26.1 Å². The molecule has 0 saturated heterocycles. The average Bonchev–Trinajstić information content (AvgIpc) is 2.53. The van der Waals surface area contributed by atoms with E-state index in [9.17, 15) is 4.39 Å². The highest BCUT2D eigenvalue weighted by atomic mass is 19.1. The van der Waals surface area contributed by atoms with Crippen LogP contribution in [0.1, 0.15) is 29.7 Å². The summed E-state index contributed by atoms with van der Waals surface area (Å²) < 4.78 is 19.2. The largest absolute Gasteiger partial charge is 0.489 e. The first-order chi connectivity index (χ1) is 10.1. The molecule has 4 heteroatoms. The van der Waals surface area contributed by atoms with E-state index in [0.717, 1.165) is 11.1 Å². The second-order valence-corrected chi connectivity index (χ2v) is 4.79. The van der Waals surface area contributed by atoms with Crippen LogP contribution in [0.2, 0.25) is 0 Å². The van der Waals surface area contributed by atoms with Crippen molar-refractivity contribution in [3.63, 3.8) is 0 Å². The Balaban J connectivity index is 2.13. The summed E-state index contributed by atoms with van der Waals surface area (Å²) in [7, 11) is 1.82. The molecular formula is C17H17FN2O. The first kappa shape index (κ1) is 15.0. The lowest BCUT2D eigenvalue weighted by Crippen LogP contribution is -2.14. The van der Waals surface area contributed by atoms with E-state index in [2.05, 4.69) is 11.4 Å². The Bertz CT molecular complexity index is 647. The zero-order chi connectivity index (χ0) is 15.2. The summed E-state index contributed by atoms with van der Waals surface area (Å²) >= 11 is 0. The van der Waals surface area contributed by atoms with Crippen LogP contribution >= 0.6 is 0 Å². The minimum absolute atomic E-state index is 0.00309. The van der Waals surface area contributed by atoms with Gasteiger partial charge in [-0.15, -0.1) is 0 Å². The molecule has 2 aromatic carbocycles. The van der Waals surface area contributed by atoms with Crippen molar-refractivity contribution in [2.75, 3.05) is 7.05 Å². The maximum atomic E-state index is 13.4. The van der Waals surface area contributed by atoms with Gasteiger partial charge in [-0.05, 0) is 49.9 Å². The Kier molecular flexibility index (Phi) is 4.91. The smallest absolute Gasteiger partial charge is 0.124 e. The van der Waals surface area contributed by atoms with Gasteiger partial charge in [-0.3, -0.25) is 0 Å². The molecule has 0 aliphatic carbocycles. The van der Waals surface area contributed by atoms with Gasteiger partial charge in [0.2, 0.25) is 0 Å². The third kappa shape index (κ3) is 3.80. The predicted octanol–water partition coefficient (Wildman–Crippen LogP) is 3.56. The van der Waals surface area contributed by atoms with Crippen LogP contribution in [0, 0.1) is 17.1 Å². The summed E-state index contributed by atoms with van der Waals surface area (Å²) in [6.45, 7) is 2.32. The van der Waals surface area contributed by atoms with Crippen LogP contribution < -0.4 is 10.1 Å². The van der Waals surface area contributed by atoms with Crippen molar-refractivity contribution >= 4 is 0 Å². The molecule has 3 nitrogen and oxygen atoms in total. The Morgan fingerprint density at radius 1 is 1.24 bits per heavy atom. The van der Waals surface area contributed by atoms with Crippen LogP contribution in [0.15, 0.2) is 42.5 Å². The fraction of sp³-hybridized carbons (Fsp3) is 0.235. The lowest BCUT2D eigenvalue weighted by atomic mass is 10.1. The van der Waals surface area contributed by atoms with Gasteiger partial charge < -0.3 is 10.1 Å². The molecule has 0 aliphatic rings. The van der Waals surface area contributed by atoms with Crippen LogP contribution in [0.5, 0.6) is 5.75 Å². The number of ether oxygens (including phenoxy) is 1. The highest BCUT2D eigenvalue weighted by molar-refractivity contribution is 5.37. The fourth-order valence-corrected chi connectivity index (χ4v) is 1.98. The highest BCUT2D eigenvalue weighted by Gasteiger charge is 2.11. The highest BCUT2D eigenvalue weighted by Crippen LogP contribution is 2.26. The Labute approximate surface area is 124 Å². The number of hydrogen-bond donors (Lipinski definition) is 1. The van der Waals surface area contributed by atoms with Crippen LogP contribution in [0.3, 0.4) is 0 Å². The molecular weight excluding hydrogens is 267 g/mol. The lowest BCUT2D eigenvalue weighted by Gasteiger charge is -2.16. The maximum absolute atomic E-state index is 13.4. The number of halogens is 1. The zero-order valence-corrected chi connectivity index (χ0v) is 12.1. The monoisotopic (exact) mass is 284 g/mol. The molecule has 2 rings (SSSR count). The molecule has 21 heavy (non-hydrogen) atoms. The van der Waals surface area contributed by atoms with Crippen molar-refractivity contribution in [2.24, 2.45) is 0 Å². The summed E-state index contributed by atoms with van der Waals surface area (Å²) in [5.74, 6) is 0.375. The standard InChI is InChI=1S/C17H17FN2O/c1-12(20-2)16-9-15(18)7-8-17(16)21-11-14-5-3-13(10-19)4-6-14/h3-9,12,20H,11H2,1-2H3. The van der Waals surface area contributed by atoms with E-state index in [1.54, 1.807) is 18.2 Å². The lowest BCUT2D eigenvalue weighted by molar-refractivity contribution is 0.299. The van der Waals surface area contributed by atoms with Crippen molar-refractivity contribution in [3.8, 4) is 11.8 Å². The van der Waals surface area contributed by atoms with E-state index >= 15 is 0 Å². The Hall–Kier alpha value is -2.38. The van der Waals surface area contributed by atoms with Gasteiger partial charge >= 0.3 is 0 Å². The quantitative estimate of drug-likeness (QED) is 0.913. The molecule has 0 fully saturated rings. The second-order valence-electron chi connectivity index (χ2n) is 4.79. The van der Waals surface area contributed by atoms with Crippen molar-refractivity contribution in [1.29, 1.82) is 5.26 Å². The minimum atomic E-state index is -0.280. The van der Waals surface area contributed by atoms with Crippen LogP contribution in [-0.4, -0.2) is 7.05 Å². The minimum Gasteiger partial charge on any atom is -0.489 e. The van der Waals surface area contributed by atoms with Gasteiger partial charge in [-0.25, -0.2) is 4.39 Å². The van der Waals surface area contributed by atoms with Crippen molar-refractivity contribution in [3.05, 3.63) is 65.0 Å². The van der Waals surface area contributed by atoms with Crippen molar-refractivity contribution < 1.29 is 9.13 Å². The number of nitriles is 1. The molecule has 0 heterocycles. The van der Waals surface area contributed by atoms with Gasteiger partial charge in [-0.2, -0.15) is 5.26 Å². The molecule has 2 aromatic rings. The molecule has 0 aromatic heterocycles. The van der Waals surface area contributed by atoms with Gasteiger partial charge in [-0.1, -0.05) is 12.1 Å². The number of benzene rings is 2. The Morgan fingerprint density at radius 3 is 2.57 bits per heavy atom. The summed E-state index contributed by atoms with van der Waals surface area (Å²) in [5.41, 5.74) is 2.36. The third-order valence-corrected chi connectivity index (χ3v) is 3.35. The molecule has 0 aliphatic heterocycles. The van der Waals surface area contributed by atoms with E-state index in [4.69, 9.17) is 10.00 Å². The summed E-state index contributed by atoms with van der Waals surface area (Å²) in [6, 6.07) is 13.8. The average molecular weight is 284 g/mol. The molecule has 1 unspecified atom stereocenters. The van der Waals surface area contributed by atoms with E-state index in [1.165, 1.54) is 12.1 Å². The number of nitrogens with one attached hydrogen (secondary N) is 1. The van der Waals surface area contributed by atoms with Gasteiger partial charge in [0, 0.05) is 11.6 Å². The van der Waals surface area contributed by atoms with Gasteiger partial charge in [0.1, 0.15) is 18.2 Å². The number of rotatable bonds is 5. The molecule has 0 radical (unpaired) electrons. The topological polar surface area (TPSA) is 45.0 Å². The van der Waals surface area contributed by atoms with Crippen LogP contribution in [0.25, 0.3) is 0 Å². The summed E-state index contributed by atoms with van der Waals surface area (Å²) in [4.78, 5) is 0. The molecule has 1 atom stereocenters. The Morgan fingerprint density at radius 2 is 1.95 bits per heavy atom. The normalized spacial score (nSPS) is 11.7. The van der Waals surface area contributed by atoms with Crippen molar-refractivity contribution in [1.82, 2.24) is 5.32 Å². The summed E-state index contributed by atoms with van der Waals surface area (Å²) in [6.07, 6.45) is 0. The van der Waals surface area contributed by atoms with Gasteiger partial charge in [0.15, 0.2) is 0 Å². The maximum Gasteiger partial charge on any atom is 0.124 e. The first-order valence-corrected chi connectivity index (χ1v) is 6.72. The molecule has 1 N–H and O–H groups in total. The zero-order valence-electron chi connectivity index (χ0n) is 12.1. The summed E-state index contributed by atoms with van der Waals surface area (Å²) in [5, 5.41) is 11.8. The van der Waals surface area contributed by atoms with Crippen molar-refractivity contribution in [2.45, 2.75) is 19.6 Å². The van der Waals surface area contributed by atoms with E-state index < -0.39 is 0 Å². The van der Waals surface area contributed by atoms with Crippen LogP contribution in [-0.2, 0) is 6.61 Å². The van der Waals surface area contributed by atoms with Gasteiger partial charge in [0.05, 0.1) is 11.6 Å². The molecule has 0 amide bonds. The second kappa shape index (κ2) is 6.87. The van der Waals surface area contributed by atoms with Gasteiger partial charge in [0.25, 0.3) is 0 Å². The molecule has 108 valence electrons. The van der Waals surface area contributed by atoms with Crippen LogP contribution in [0.4, 0.5) is 4.39 Å². The molecule has 0 spiro atoms. The SMILES string of the molecule is CNC(C)c1cc(F)ccc1OCc1ccc(C#N)cc1. The molecule has 0 bridgehead atoms. The molecule has 0 saturated carbocycles. The third-order valence-electron chi connectivity index (χ3n) is 3.35. The fourth-order valence-electron chi connectivity index (χ4n) is 1.98. The van der Waals surface area contributed by atoms with E-state index in [0.29, 0.717) is 17.9 Å². The first-order valence-electron chi connectivity index (χ1n) is 6.72.